The highest BCUT2D eigenvalue weighted by Gasteiger charge is 2.56. The van der Waals surface area contributed by atoms with Gasteiger partial charge in [0.15, 0.2) is 6.20 Å². The normalized spacial score (nSPS) is 21.0. The molecule has 1 nitrogen and oxygen atoms in total. The fourth-order valence-electron chi connectivity index (χ4n) is 6.21. The molecule has 1 aromatic heterocycles. The van der Waals surface area contributed by atoms with Crippen molar-refractivity contribution in [2.24, 2.45) is 7.05 Å². The molecule has 4 aromatic rings. The Morgan fingerprint density at radius 1 is 0.903 bits per heavy atom. The molecule has 2 atom stereocenters. The van der Waals surface area contributed by atoms with Crippen molar-refractivity contribution in [1.82, 2.24) is 0 Å². The number of pyridine rings is 1. The molecule has 0 saturated heterocycles. The highest BCUT2D eigenvalue weighted by Crippen LogP contribution is 2.56. The van der Waals surface area contributed by atoms with E-state index in [1.807, 2.05) is 0 Å². The molecule has 3 heteroatoms. The van der Waals surface area contributed by atoms with Crippen LogP contribution in [0.15, 0.2) is 83.9 Å². The third kappa shape index (κ3) is 2.69. The fourth-order valence-corrected chi connectivity index (χ4v) is 8.03. The summed E-state index contributed by atoms with van der Waals surface area (Å²) >= 11 is 2.10. The quantitative estimate of drug-likeness (QED) is 0.320. The van der Waals surface area contributed by atoms with Gasteiger partial charge in [-0.15, -0.1) is 11.8 Å². The Morgan fingerprint density at radius 3 is 2.48 bits per heavy atom. The van der Waals surface area contributed by atoms with Gasteiger partial charge >= 0.3 is 6.71 Å². The van der Waals surface area contributed by atoms with Crippen LogP contribution in [0.3, 0.4) is 0 Å². The van der Waals surface area contributed by atoms with Gasteiger partial charge in [-0.2, -0.15) is 0 Å². The van der Waals surface area contributed by atoms with E-state index in [0.29, 0.717) is 17.8 Å². The minimum Gasteiger partial charge on any atom is -0.213 e. The van der Waals surface area contributed by atoms with Crippen molar-refractivity contribution in [3.8, 4) is 0 Å². The van der Waals surface area contributed by atoms with Gasteiger partial charge in [0, 0.05) is 27.4 Å². The van der Waals surface area contributed by atoms with Crippen molar-refractivity contribution in [1.29, 1.82) is 0 Å². The highest BCUT2D eigenvalue weighted by atomic mass is 32.2. The predicted octanol–water partition coefficient (Wildman–Crippen LogP) is 4.67. The summed E-state index contributed by atoms with van der Waals surface area (Å²) in [5, 5.41) is 3.12. The predicted molar refractivity (Wildman–Crippen MR) is 133 cm³/mol. The number of nitrogens with zero attached hydrogens (tertiary/aromatic N) is 1. The van der Waals surface area contributed by atoms with E-state index < -0.39 is 0 Å². The van der Waals surface area contributed by atoms with Crippen LogP contribution in [0.5, 0.6) is 0 Å². The SMILES string of the molecule is Cc1cccc2c1B(c1cc3ccccc3c[n+]1C)C1Sc3ccccc3C1C2(C)C. The first kappa shape index (κ1) is 19.2. The van der Waals surface area contributed by atoms with E-state index in [9.17, 15) is 0 Å². The zero-order chi connectivity index (χ0) is 21.3. The zero-order valence-corrected chi connectivity index (χ0v) is 19.4. The molecular weight excluding hydrogens is 393 g/mol. The molecule has 31 heavy (non-hydrogen) atoms. The third-order valence-corrected chi connectivity index (χ3v) is 9.08. The topological polar surface area (TPSA) is 3.88 Å². The number of hydrogen-bond acceptors (Lipinski definition) is 1. The number of aromatic nitrogens is 1. The van der Waals surface area contributed by atoms with Gasteiger partial charge in [-0.05, 0) is 41.0 Å². The molecule has 0 fully saturated rings. The maximum Gasteiger partial charge on any atom is 0.308 e. The Morgan fingerprint density at radius 2 is 1.65 bits per heavy atom. The van der Waals surface area contributed by atoms with Crippen molar-refractivity contribution < 1.29 is 4.57 Å². The number of rotatable bonds is 1. The molecule has 0 saturated carbocycles. The summed E-state index contributed by atoms with van der Waals surface area (Å²) in [6, 6.07) is 27.2. The van der Waals surface area contributed by atoms with Gasteiger partial charge in [-0.25, -0.2) is 4.57 Å². The smallest absolute Gasteiger partial charge is 0.213 e. The van der Waals surface area contributed by atoms with Crippen LogP contribution < -0.4 is 15.6 Å². The Kier molecular flexibility index (Phi) is 4.17. The number of aryl methyl sites for hydroxylation is 2. The fraction of sp³-hybridized carbons (Fsp3) is 0.250. The van der Waals surface area contributed by atoms with E-state index in [-0.39, 0.29) is 5.41 Å². The first-order valence-corrected chi connectivity index (χ1v) is 12.1. The average Bonchev–Trinajstić information content (AvgIpc) is 3.15. The van der Waals surface area contributed by atoms with Gasteiger partial charge in [0.1, 0.15) is 12.6 Å². The summed E-state index contributed by atoms with van der Waals surface area (Å²) < 4.78 is 2.38. The lowest BCUT2D eigenvalue weighted by molar-refractivity contribution is -0.652. The van der Waals surface area contributed by atoms with Crippen molar-refractivity contribution >= 4 is 40.3 Å². The minimum atomic E-state index is 0.0948. The summed E-state index contributed by atoms with van der Waals surface area (Å²) in [7, 11) is 2.22. The van der Waals surface area contributed by atoms with Crippen molar-refractivity contribution in [2.75, 3.05) is 0 Å². The maximum atomic E-state index is 2.46. The van der Waals surface area contributed by atoms with E-state index in [4.69, 9.17) is 0 Å². The second-order valence-corrected chi connectivity index (χ2v) is 11.0. The van der Waals surface area contributed by atoms with Crippen LogP contribution in [-0.4, -0.2) is 11.9 Å². The van der Waals surface area contributed by atoms with Crippen molar-refractivity contribution in [2.45, 2.75) is 42.1 Å². The Bertz CT molecular complexity index is 1340. The van der Waals surface area contributed by atoms with Crippen molar-refractivity contribution in [3.05, 3.63) is 95.7 Å². The van der Waals surface area contributed by atoms with Crippen LogP contribution >= 0.6 is 11.8 Å². The molecule has 2 aliphatic heterocycles. The van der Waals surface area contributed by atoms with E-state index in [1.165, 1.54) is 38.0 Å². The molecule has 0 amide bonds. The minimum absolute atomic E-state index is 0.0948. The first-order valence-electron chi connectivity index (χ1n) is 11.2. The van der Waals surface area contributed by atoms with Crippen LogP contribution in [0.25, 0.3) is 10.8 Å². The monoisotopic (exact) mass is 420 g/mol. The van der Waals surface area contributed by atoms with Crippen LogP contribution in [0.1, 0.15) is 36.5 Å². The maximum absolute atomic E-state index is 2.46. The van der Waals surface area contributed by atoms with Crippen LogP contribution in [0.4, 0.5) is 0 Å². The summed E-state index contributed by atoms with van der Waals surface area (Å²) in [5.41, 5.74) is 7.52. The van der Waals surface area contributed by atoms with Gasteiger partial charge in [-0.3, -0.25) is 0 Å². The lowest BCUT2D eigenvalue weighted by atomic mass is 9.31. The zero-order valence-electron chi connectivity index (χ0n) is 18.6. The number of hydrogen-bond donors (Lipinski definition) is 0. The van der Waals surface area contributed by atoms with Crippen LogP contribution in [0, 0.1) is 6.92 Å². The van der Waals surface area contributed by atoms with E-state index in [2.05, 4.69) is 123 Å². The van der Waals surface area contributed by atoms with Gasteiger partial charge < -0.3 is 0 Å². The van der Waals surface area contributed by atoms with Gasteiger partial charge in [-0.1, -0.05) is 79.5 Å². The second-order valence-electron chi connectivity index (χ2n) is 9.77. The van der Waals surface area contributed by atoms with Gasteiger partial charge in [0.2, 0.25) is 0 Å². The molecule has 0 bridgehead atoms. The van der Waals surface area contributed by atoms with E-state index >= 15 is 0 Å². The number of benzene rings is 3. The Balaban J connectivity index is 1.66. The molecule has 0 aliphatic carbocycles. The summed E-state index contributed by atoms with van der Waals surface area (Å²) in [5.74, 6) is 0.500. The second kappa shape index (κ2) is 6.74. The lowest BCUT2D eigenvalue weighted by Crippen LogP contribution is -2.68. The highest BCUT2D eigenvalue weighted by molar-refractivity contribution is 8.02. The van der Waals surface area contributed by atoms with E-state index in [0.717, 1.165) is 0 Å². The largest absolute Gasteiger partial charge is 0.308 e. The Hall–Kier alpha value is -2.52. The standard InChI is InChI=1S/C28H27BNS/c1-18-10-9-14-22-26(18)29(24-16-19-11-5-6-12-20(19)17-30(24)4)27-25(28(22,2)3)21-13-7-8-15-23(21)31-27/h5-17,25,27H,1-4H3/q+1. The molecule has 0 radical (unpaired) electrons. The molecule has 3 heterocycles. The summed E-state index contributed by atoms with van der Waals surface area (Å²) in [6.45, 7) is 7.58. The van der Waals surface area contributed by atoms with Crippen LogP contribution in [0.2, 0.25) is 0 Å². The van der Waals surface area contributed by atoms with Crippen molar-refractivity contribution in [3.63, 3.8) is 0 Å². The molecule has 6 rings (SSSR count). The lowest BCUT2D eigenvalue weighted by Gasteiger charge is -2.45. The molecule has 0 N–H and O–H groups in total. The third-order valence-electron chi connectivity index (χ3n) is 7.64. The number of fused-ring (bicyclic) bond motifs is 5. The molecular formula is C28H27BNS+. The molecule has 3 aromatic carbocycles. The first-order chi connectivity index (χ1) is 15.0. The average molecular weight is 420 g/mol. The molecule has 0 spiro atoms. The molecule has 2 aliphatic rings. The Labute approximate surface area is 189 Å². The summed E-state index contributed by atoms with van der Waals surface area (Å²) in [6.07, 6.45) is 2.31. The molecule has 152 valence electrons. The molecule has 2 unspecified atom stereocenters. The number of thioether (sulfide) groups is 1. The van der Waals surface area contributed by atoms with E-state index in [1.54, 1.807) is 5.46 Å². The summed E-state index contributed by atoms with van der Waals surface area (Å²) in [4.78, 5) is 1.46. The van der Waals surface area contributed by atoms with Gasteiger partial charge in [0.25, 0.3) is 0 Å². The van der Waals surface area contributed by atoms with Crippen LogP contribution in [-0.2, 0) is 12.5 Å². The van der Waals surface area contributed by atoms with Gasteiger partial charge in [0.05, 0.1) is 0 Å².